The molecule has 19 heavy (non-hydrogen) atoms. The van der Waals surface area contributed by atoms with Crippen LogP contribution in [0.15, 0.2) is 42.6 Å². The fourth-order valence-electron chi connectivity index (χ4n) is 2.05. The van der Waals surface area contributed by atoms with E-state index in [0.29, 0.717) is 0 Å². The van der Waals surface area contributed by atoms with Crippen molar-refractivity contribution < 1.29 is 0 Å². The van der Waals surface area contributed by atoms with E-state index < -0.39 is 0 Å². The van der Waals surface area contributed by atoms with Gasteiger partial charge < -0.3 is 10.6 Å². The van der Waals surface area contributed by atoms with Gasteiger partial charge in [-0.1, -0.05) is 37.3 Å². The topological polar surface area (TPSA) is 42.1 Å². The van der Waals surface area contributed by atoms with Gasteiger partial charge in [0.15, 0.2) is 0 Å². The van der Waals surface area contributed by atoms with Gasteiger partial charge in [0.1, 0.15) is 5.82 Å². The van der Waals surface area contributed by atoms with Crippen molar-refractivity contribution in [3.63, 3.8) is 0 Å². The third-order valence-corrected chi connectivity index (χ3v) is 3.16. The summed E-state index contributed by atoms with van der Waals surface area (Å²) >= 11 is 0. The number of hydrogen-bond acceptors (Lipinski definition) is 3. The highest BCUT2D eigenvalue weighted by Crippen LogP contribution is 2.20. The normalized spacial score (nSPS) is 10.4. The molecule has 1 aromatic carbocycles. The molecule has 2 N–H and O–H groups in total. The molecule has 2 rings (SSSR count). The van der Waals surface area contributed by atoms with Crippen LogP contribution >= 0.6 is 0 Å². The molecule has 0 fully saturated rings. The van der Waals surface area contributed by atoms with Crippen molar-refractivity contribution in [1.29, 1.82) is 0 Å². The summed E-state index contributed by atoms with van der Waals surface area (Å²) in [5.74, 6) is 0.953. The third-order valence-electron chi connectivity index (χ3n) is 3.16. The van der Waals surface area contributed by atoms with E-state index in [1.54, 1.807) is 0 Å². The summed E-state index contributed by atoms with van der Waals surface area (Å²) in [6.45, 7) is 6.00. The highest BCUT2D eigenvalue weighted by Gasteiger charge is 2.09. The van der Waals surface area contributed by atoms with E-state index in [2.05, 4.69) is 41.1 Å². The van der Waals surface area contributed by atoms with E-state index in [-0.39, 0.29) is 0 Å². The first-order chi connectivity index (χ1) is 9.20. The first kappa shape index (κ1) is 13.4. The molecule has 1 aromatic heterocycles. The summed E-state index contributed by atoms with van der Waals surface area (Å²) in [6.07, 6.45) is 2.93. The SMILES string of the molecule is CCCN(Cc1ccccc1)c1cc(N)c(C)cn1. The molecule has 3 nitrogen and oxygen atoms in total. The number of benzene rings is 1. The summed E-state index contributed by atoms with van der Waals surface area (Å²) in [4.78, 5) is 6.77. The third kappa shape index (κ3) is 3.47. The molecule has 0 spiro atoms. The Kier molecular flexibility index (Phi) is 4.39. The Balaban J connectivity index is 2.21. The fraction of sp³-hybridized carbons (Fsp3) is 0.312. The zero-order chi connectivity index (χ0) is 13.7. The lowest BCUT2D eigenvalue weighted by Gasteiger charge is -2.24. The van der Waals surface area contributed by atoms with Gasteiger partial charge in [-0.2, -0.15) is 0 Å². The van der Waals surface area contributed by atoms with Gasteiger partial charge in [0.2, 0.25) is 0 Å². The molecule has 0 saturated heterocycles. The van der Waals surface area contributed by atoms with Crippen LogP contribution in [-0.2, 0) is 6.54 Å². The molecule has 0 bridgehead atoms. The molecular formula is C16H21N3. The molecule has 2 aromatic rings. The van der Waals surface area contributed by atoms with E-state index in [9.17, 15) is 0 Å². The number of hydrogen-bond donors (Lipinski definition) is 1. The number of pyridine rings is 1. The first-order valence-corrected chi connectivity index (χ1v) is 6.71. The Morgan fingerprint density at radius 2 is 1.95 bits per heavy atom. The molecule has 3 heteroatoms. The molecule has 100 valence electrons. The predicted octanol–water partition coefficient (Wildman–Crippen LogP) is 3.39. The highest BCUT2D eigenvalue weighted by molar-refractivity contribution is 5.54. The molecule has 0 unspecified atom stereocenters. The van der Waals surface area contributed by atoms with Crippen molar-refractivity contribution in [2.75, 3.05) is 17.2 Å². The van der Waals surface area contributed by atoms with E-state index in [1.807, 2.05) is 25.3 Å². The predicted molar refractivity (Wildman–Crippen MR) is 81.2 cm³/mol. The molecule has 0 aliphatic rings. The van der Waals surface area contributed by atoms with Gasteiger partial charge in [-0.15, -0.1) is 0 Å². The van der Waals surface area contributed by atoms with E-state index in [1.165, 1.54) is 5.56 Å². The van der Waals surface area contributed by atoms with Crippen LogP contribution in [0.2, 0.25) is 0 Å². The maximum atomic E-state index is 5.98. The second-order valence-corrected chi connectivity index (χ2v) is 4.81. The van der Waals surface area contributed by atoms with Gasteiger partial charge in [0, 0.05) is 31.0 Å². The monoisotopic (exact) mass is 255 g/mol. The summed E-state index contributed by atoms with van der Waals surface area (Å²) < 4.78 is 0. The quantitative estimate of drug-likeness (QED) is 0.890. The second kappa shape index (κ2) is 6.23. The zero-order valence-corrected chi connectivity index (χ0v) is 11.6. The van der Waals surface area contributed by atoms with Crippen molar-refractivity contribution in [3.8, 4) is 0 Å². The highest BCUT2D eigenvalue weighted by atomic mass is 15.2. The number of nitrogen functional groups attached to an aromatic ring is 1. The van der Waals surface area contributed by atoms with Crippen molar-refractivity contribution in [2.24, 2.45) is 0 Å². The maximum Gasteiger partial charge on any atom is 0.130 e. The average molecular weight is 255 g/mol. The van der Waals surface area contributed by atoms with E-state index in [4.69, 9.17) is 5.73 Å². The Hall–Kier alpha value is -2.03. The summed E-state index contributed by atoms with van der Waals surface area (Å²) in [7, 11) is 0. The lowest BCUT2D eigenvalue weighted by Crippen LogP contribution is -2.24. The lowest BCUT2D eigenvalue weighted by atomic mass is 10.2. The summed E-state index contributed by atoms with van der Waals surface area (Å²) in [5.41, 5.74) is 9.10. The lowest BCUT2D eigenvalue weighted by molar-refractivity contribution is 0.754. The molecule has 0 aliphatic heterocycles. The molecule has 0 radical (unpaired) electrons. The number of rotatable bonds is 5. The van der Waals surface area contributed by atoms with Crippen LogP contribution in [0.5, 0.6) is 0 Å². The van der Waals surface area contributed by atoms with Crippen LogP contribution in [0.1, 0.15) is 24.5 Å². The van der Waals surface area contributed by atoms with Crippen molar-refractivity contribution in [3.05, 3.63) is 53.7 Å². The Morgan fingerprint density at radius 1 is 1.21 bits per heavy atom. The molecule has 0 atom stereocenters. The average Bonchev–Trinajstić information content (AvgIpc) is 2.43. The zero-order valence-electron chi connectivity index (χ0n) is 11.6. The number of aryl methyl sites for hydroxylation is 1. The Bertz CT molecular complexity index is 523. The van der Waals surface area contributed by atoms with Crippen molar-refractivity contribution in [1.82, 2.24) is 4.98 Å². The number of anilines is 2. The molecule has 1 heterocycles. The summed E-state index contributed by atoms with van der Waals surface area (Å²) in [5, 5.41) is 0. The van der Waals surface area contributed by atoms with Crippen molar-refractivity contribution >= 4 is 11.5 Å². The first-order valence-electron chi connectivity index (χ1n) is 6.71. The smallest absolute Gasteiger partial charge is 0.130 e. The van der Waals surface area contributed by atoms with Crippen LogP contribution in [0.4, 0.5) is 11.5 Å². The Labute approximate surface area is 115 Å². The minimum Gasteiger partial charge on any atom is -0.398 e. The summed E-state index contributed by atoms with van der Waals surface area (Å²) in [6, 6.07) is 12.4. The van der Waals surface area contributed by atoms with Crippen LogP contribution in [0, 0.1) is 6.92 Å². The molecular weight excluding hydrogens is 234 g/mol. The van der Waals surface area contributed by atoms with Crippen LogP contribution < -0.4 is 10.6 Å². The van der Waals surface area contributed by atoms with E-state index in [0.717, 1.165) is 36.6 Å². The van der Waals surface area contributed by atoms with Crippen molar-refractivity contribution in [2.45, 2.75) is 26.8 Å². The van der Waals surface area contributed by atoms with Crippen LogP contribution in [0.3, 0.4) is 0 Å². The van der Waals surface area contributed by atoms with Gasteiger partial charge >= 0.3 is 0 Å². The minimum absolute atomic E-state index is 0.805. The Morgan fingerprint density at radius 3 is 2.58 bits per heavy atom. The molecule has 0 saturated carbocycles. The van der Waals surface area contributed by atoms with Crippen LogP contribution in [-0.4, -0.2) is 11.5 Å². The fourth-order valence-corrected chi connectivity index (χ4v) is 2.05. The second-order valence-electron chi connectivity index (χ2n) is 4.81. The van der Waals surface area contributed by atoms with Gasteiger partial charge in [0.25, 0.3) is 0 Å². The minimum atomic E-state index is 0.805. The maximum absolute atomic E-state index is 5.98. The van der Waals surface area contributed by atoms with Gasteiger partial charge in [-0.05, 0) is 24.5 Å². The van der Waals surface area contributed by atoms with E-state index >= 15 is 0 Å². The number of nitrogens with two attached hydrogens (primary N) is 1. The van der Waals surface area contributed by atoms with Gasteiger partial charge in [0.05, 0.1) is 0 Å². The number of aromatic nitrogens is 1. The largest absolute Gasteiger partial charge is 0.398 e. The number of nitrogens with zero attached hydrogens (tertiary/aromatic N) is 2. The van der Waals surface area contributed by atoms with Crippen LogP contribution in [0.25, 0.3) is 0 Å². The molecule has 0 aliphatic carbocycles. The molecule has 0 amide bonds. The van der Waals surface area contributed by atoms with Gasteiger partial charge in [-0.3, -0.25) is 0 Å². The standard InChI is InChI=1S/C16H21N3/c1-3-9-19(12-14-7-5-4-6-8-14)16-10-15(17)13(2)11-18-16/h4-8,10-11H,3,9,12H2,1-2H3,(H2,17,18). The van der Waals surface area contributed by atoms with Gasteiger partial charge in [-0.25, -0.2) is 4.98 Å².